The summed E-state index contributed by atoms with van der Waals surface area (Å²) < 4.78 is 0. The van der Waals surface area contributed by atoms with E-state index in [9.17, 15) is 0 Å². The molecule has 0 saturated carbocycles. The first-order chi connectivity index (χ1) is 6.45. The third-order valence-corrected chi connectivity index (χ3v) is 2.41. The molecule has 0 unspecified atom stereocenters. The molecule has 2 aliphatic rings. The molecule has 0 amide bonds. The zero-order valence-corrected chi connectivity index (χ0v) is 7.12. The standard InChI is InChI=1S/C10H9N3/c1-2-7-3-4-8-10(13-6-12-8)9(7)11-5-1/h2,4-6H,1,3H2,(H,12,13). The van der Waals surface area contributed by atoms with Gasteiger partial charge in [0.25, 0.3) is 0 Å². The summed E-state index contributed by atoms with van der Waals surface area (Å²) >= 11 is 0. The zero-order valence-electron chi connectivity index (χ0n) is 7.12. The quantitative estimate of drug-likeness (QED) is 0.591. The molecule has 0 spiro atoms. The van der Waals surface area contributed by atoms with E-state index in [2.05, 4.69) is 27.1 Å². The largest absolute Gasteiger partial charge is 0.345 e. The molecule has 1 aliphatic heterocycles. The Morgan fingerprint density at radius 1 is 1.31 bits per heavy atom. The van der Waals surface area contributed by atoms with Crippen LogP contribution in [0.25, 0.3) is 11.8 Å². The van der Waals surface area contributed by atoms with Gasteiger partial charge in [0.2, 0.25) is 0 Å². The topological polar surface area (TPSA) is 41.0 Å². The lowest BCUT2D eigenvalue weighted by Crippen LogP contribution is -2.30. The number of aromatic amines is 1. The van der Waals surface area contributed by atoms with Crippen LogP contribution in [0.2, 0.25) is 0 Å². The number of dihydropyridines is 1. The zero-order chi connectivity index (χ0) is 8.67. The second-order valence-electron chi connectivity index (χ2n) is 3.20. The Balaban J connectivity index is 2.45. The summed E-state index contributed by atoms with van der Waals surface area (Å²) in [7, 11) is 0. The van der Waals surface area contributed by atoms with Gasteiger partial charge in [0, 0.05) is 12.6 Å². The van der Waals surface area contributed by atoms with Gasteiger partial charge in [-0.25, -0.2) is 4.98 Å². The summed E-state index contributed by atoms with van der Waals surface area (Å²) in [5.74, 6) is 0. The average molecular weight is 171 g/mol. The van der Waals surface area contributed by atoms with Crippen molar-refractivity contribution < 1.29 is 0 Å². The third kappa shape index (κ3) is 0.900. The van der Waals surface area contributed by atoms with Crippen LogP contribution in [-0.4, -0.2) is 16.2 Å². The predicted molar refractivity (Wildman–Crippen MR) is 51.5 cm³/mol. The number of hydrogen-bond donors (Lipinski definition) is 1. The molecule has 0 aromatic carbocycles. The van der Waals surface area contributed by atoms with Crippen LogP contribution < -0.4 is 10.7 Å². The minimum absolute atomic E-state index is 0.951. The molecule has 3 heteroatoms. The minimum Gasteiger partial charge on any atom is -0.345 e. The minimum atomic E-state index is 0.951. The Morgan fingerprint density at radius 2 is 2.31 bits per heavy atom. The Bertz CT molecular complexity index is 517. The lowest BCUT2D eigenvalue weighted by molar-refractivity contribution is 1.16. The van der Waals surface area contributed by atoms with Crippen molar-refractivity contribution in [3.8, 4) is 0 Å². The highest BCUT2D eigenvalue weighted by atomic mass is 14.9. The third-order valence-electron chi connectivity index (χ3n) is 2.41. The second-order valence-corrected chi connectivity index (χ2v) is 3.20. The molecule has 0 bridgehead atoms. The first kappa shape index (κ1) is 6.83. The van der Waals surface area contributed by atoms with E-state index in [1.165, 1.54) is 5.57 Å². The van der Waals surface area contributed by atoms with Crippen molar-refractivity contribution >= 4 is 18.0 Å². The molecule has 3 rings (SSSR count). The van der Waals surface area contributed by atoms with Gasteiger partial charge in [-0.2, -0.15) is 0 Å². The van der Waals surface area contributed by atoms with Crippen LogP contribution in [0.4, 0.5) is 0 Å². The van der Waals surface area contributed by atoms with Gasteiger partial charge in [-0.15, -0.1) is 0 Å². The molecule has 64 valence electrons. The van der Waals surface area contributed by atoms with E-state index >= 15 is 0 Å². The van der Waals surface area contributed by atoms with E-state index < -0.39 is 0 Å². The van der Waals surface area contributed by atoms with Crippen LogP contribution in [0.15, 0.2) is 23.0 Å². The highest BCUT2D eigenvalue weighted by Crippen LogP contribution is 2.20. The number of aliphatic imine (C=N–C) groups is 1. The van der Waals surface area contributed by atoms with Gasteiger partial charge in [0.15, 0.2) is 0 Å². The lowest BCUT2D eigenvalue weighted by atomic mass is 10.0. The van der Waals surface area contributed by atoms with Gasteiger partial charge in [-0.3, -0.25) is 4.99 Å². The number of aromatic nitrogens is 2. The monoisotopic (exact) mass is 171 g/mol. The Morgan fingerprint density at radius 3 is 3.31 bits per heavy atom. The summed E-state index contributed by atoms with van der Waals surface area (Å²) in [6, 6.07) is 0. The van der Waals surface area contributed by atoms with E-state index in [0.29, 0.717) is 0 Å². The van der Waals surface area contributed by atoms with Crippen molar-refractivity contribution in [3.05, 3.63) is 28.7 Å². The maximum atomic E-state index is 4.39. The van der Waals surface area contributed by atoms with Crippen LogP contribution in [-0.2, 0) is 0 Å². The van der Waals surface area contributed by atoms with E-state index in [-0.39, 0.29) is 0 Å². The molecule has 3 nitrogen and oxygen atoms in total. The fourth-order valence-electron chi connectivity index (χ4n) is 1.77. The van der Waals surface area contributed by atoms with Crippen LogP contribution in [0, 0.1) is 0 Å². The molecule has 1 aliphatic carbocycles. The molecule has 0 saturated heterocycles. The van der Waals surface area contributed by atoms with E-state index in [0.717, 1.165) is 29.2 Å². The highest BCUT2D eigenvalue weighted by molar-refractivity contribution is 5.79. The van der Waals surface area contributed by atoms with Gasteiger partial charge in [0.05, 0.1) is 17.4 Å². The fourth-order valence-corrected chi connectivity index (χ4v) is 1.77. The summed E-state index contributed by atoms with van der Waals surface area (Å²) in [5, 5.41) is 2.10. The average Bonchev–Trinajstić information content (AvgIpc) is 2.65. The Labute approximate surface area is 75.2 Å². The van der Waals surface area contributed by atoms with Gasteiger partial charge in [0.1, 0.15) is 5.35 Å². The number of nitrogens with zero attached hydrogens (tertiary/aromatic N) is 2. The van der Waals surface area contributed by atoms with Crippen molar-refractivity contribution in [1.82, 2.24) is 9.97 Å². The molecule has 1 aromatic heterocycles. The Kier molecular flexibility index (Phi) is 1.27. The molecular formula is C10H9N3. The SMILES string of the molecule is C1=NC2=c3nc[nH]c3=CCC2=CC1. The number of imidazole rings is 1. The molecule has 0 atom stereocenters. The molecule has 0 radical (unpaired) electrons. The van der Waals surface area contributed by atoms with E-state index in [4.69, 9.17) is 0 Å². The van der Waals surface area contributed by atoms with Gasteiger partial charge < -0.3 is 4.98 Å². The second kappa shape index (κ2) is 2.42. The molecule has 1 aromatic rings. The molecule has 1 N–H and O–H groups in total. The molecule has 0 fully saturated rings. The van der Waals surface area contributed by atoms with Crippen molar-refractivity contribution in [2.24, 2.45) is 4.99 Å². The Hall–Kier alpha value is -1.64. The number of allylic oxidation sites excluding steroid dienone is 1. The predicted octanol–water partition coefficient (Wildman–Crippen LogP) is 0.103. The number of nitrogens with one attached hydrogen (secondary N) is 1. The lowest BCUT2D eigenvalue weighted by Gasteiger charge is -2.11. The van der Waals surface area contributed by atoms with E-state index in [1.807, 2.05) is 6.21 Å². The molecule has 2 heterocycles. The van der Waals surface area contributed by atoms with Gasteiger partial charge in [-0.05, 0) is 12.0 Å². The summed E-state index contributed by atoms with van der Waals surface area (Å²) in [6.07, 6.45) is 9.97. The first-order valence-electron chi connectivity index (χ1n) is 4.41. The maximum Gasteiger partial charge on any atom is 0.114 e. The van der Waals surface area contributed by atoms with Crippen LogP contribution in [0.5, 0.6) is 0 Å². The normalized spacial score (nSPS) is 18.8. The fraction of sp³-hybridized carbons (Fsp3) is 0.200. The van der Waals surface area contributed by atoms with Crippen LogP contribution in [0.1, 0.15) is 12.8 Å². The summed E-state index contributed by atoms with van der Waals surface area (Å²) in [5.41, 5.74) is 2.35. The van der Waals surface area contributed by atoms with Gasteiger partial charge in [-0.1, -0.05) is 12.2 Å². The number of H-pyrrole nitrogens is 1. The maximum absolute atomic E-state index is 4.39. The van der Waals surface area contributed by atoms with Crippen LogP contribution in [0.3, 0.4) is 0 Å². The van der Waals surface area contributed by atoms with E-state index in [1.54, 1.807) is 6.33 Å². The smallest absolute Gasteiger partial charge is 0.114 e. The van der Waals surface area contributed by atoms with Gasteiger partial charge >= 0.3 is 0 Å². The van der Waals surface area contributed by atoms with Crippen molar-refractivity contribution in [2.75, 3.05) is 0 Å². The number of fused-ring (bicyclic) bond motifs is 2. The summed E-state index contributed by atoms with van der Waals surface area (Å²) in [6.45, 7) is 0. The molecular weight excluding hydrogens is 162 g/mol. The van der Waals surface area contributed by atoms with Crippen molar-refractivity contribution in [3.63, 3.8) is 0 Å². The summed E-state index contributed by atoms with van der Waals surface area (Å²) in [4.78, 5) is 11.8. The number of rotatable bonds is 0. The first-order valence-corrected chi connectivity index (χ1v) is 4.41. The number of hydrogen-bond acceptors (Lipinski definition) is 2. The van der Waals surface area contributed by atoms with Crippen molar-refractivity contribution in [1.29, 1.82) is 0 Å². The molecule has 13 heavy (non-hydrogen) atoms. The van der Waals surface area contributed by atoms with Crippen molar-refractivity contribution in [2.45, 2.75) is 12.8 Å². The van der Waals surface area contributed by atoms with Crippen LogP contribution >= 0.6 is 0 Å². The highest BCUT2D eigenvalue weighted by Gasteiger charge is 2.12.